The van der Waals surface area contributed by atoms with Crippen LogP contribution < -0.4 is 14.7 Å². The molecule has 28 heavy (non-hydrogen) atoms. The Hall–Kier alpha value is -2.70. The summed E-state index contributed by atoms with van der Waals surface area (Å²) in [7, 11) is 0.458. The molecule has 9 heteroatoms. The number of carbonyl (C=O) groups is 2. The number of nitrogens with zero attached hydrogens (tertiary/aromatic N) is 1. The predicted octanol–water partition coefficient (Wildman–Crippen LogP) is -0.194. The summed E-state index contributed by atoms with van der Waals surface area (Å²) in [5.74, 6) is 5.37. The van der Waals surface area contributed by atoms with E-state index in [0.717, 1.165) is 6.42 Å². The minimum Gasteiger partial charge on any atom is -0.536 e. The lowest BCUT2D eigenvalue weighted by Crippen LogP contribution is -2.60. The summed E-state index contributed by atoms with van der Waals surface area (Å²) in [5, 5.41) is 21.8. The molecule has 1 aromatic carbocycles. The van der Waals surface area contributed by atoms with Gasteiger partial charge in [-0.15, -0.1) is 0 Å². The van der Waals surface area contributed by atoms with Crippen molar-refractivity contribution < 1.29 is 29.1 Å². The maximum Gasteiger partial charge on any atom is 0.569 e. The number of aryl methyl sites for hydroxylation is 1. The fraction of sp³-hybridized carbons (Fsp3) is 0.474. The van der Waals surface area contributed by atoms with Gasteiger partial charge in [-0.05, 0) is 24.5 Å². The van der Waals surface area contributed by atoms with Crippen molar-refractivity contribution in [3.05, 3.63) is 23.3 Å². The van der Waals surface area contributed by atoms with E-state index >= 15 is 0 Å². The molecule has 8 nitrogen and oxygen atoms in total. The van der Waals surface area contributed by atoms with Crippen molar-refractivity contribution in [1.29, 1.82) is 0 Å². The van der Waals surface area contributed by atoms with E-state index in [9.17, 15) is 14.7 Å². The number of aromatic carboxylic acids is 1. The molecule has 2 aliphatic heterocycles. The van der Waals surface area contributed by atoms with Crippen LogP contribution in [0.1, 0.15) is 29.3 Å². The van der Waals surface area contributed by atoms with Crippen LogP contribution in [-0.2, 0) is 11.2 Å². The first-order valence-corrected chi connectivity index (χ1v) is 9.26. The molecule has 3 N–H and O–H groups in total. The SMILES string of the molecule is CCc1ccc(OC2CN(C(=O)[C@@H]3C[C@@H]4C#C[C@@H]4N3)C2)c(C(=O)O)c1O[B]O. The highest BCUT2D eigenvalue weighted by Gasteiger charge is 2.43. The number of ether oxygens (including phenoxy) is 1. The normalized spacial score (nSPS) is 24.9. The minimum atomic E-state index is -1.21. The van der Waals surface area contributed by atoms with Gasteiger partial charge in [0.1, 0.15) is 23.2 Å². The van der Waals surface area contributed by atoms with Gasteiger partial charge in [-0.1, -0.05) is 24.8 Å². The van der Waals surface area contributed by atoms with Crippen LogP contribution in [0.15, 0.2) is 12.1 Å². The number of hydrogen-bond acceptors (Lipinski definition) is 6. The zero-order valence-electron chi connectivity index (χ0n) is 15.3. The number of carboxylic acid groups (broad SMARTS) is 1. The van der Waals surface area contributed by atoms with E-state index in [-0.39, 0.29) is 47.1 Å². The summed E-state index contributed by atoms with van der Waals surface area (Å²) in [6.07, 6.45) is 0.975. The van der Waals surface area contributed by atoms with Gasteiger partial charge >= 0.3 is 13.7 Å². The summed E-state index contributed by atoms with van der Waals surface area (Å²) in [6.45, 7) is 2.64. The van der Waals surface area contributed by atoms with Crippen molar-refractivity contribution in [2.24, 2.45) is 5.92 Å². The van der Waals surface area contributed by atoms with Gasteiger partial charge in [0, 0.05) is 5.92 Å². The zero-order valence-corrected chi connectivity index (χ0v) is 15.3. The van der Waals surface area contributed by atoms with Crippen molar-refractivity contribution in [1.82, 2.24) is 10.2 Å². The van der Waals surface area contributed by atoms with E-state index in [1.165, 1.54) is 0 Å². The van der Waals surface area contributed by atoms with Crippen molar-refractivity contribution in [2.45, 2.75) is 38.0 Å². The van der Waals surface area contributed by atoms with Gasteiger partial charge in [-0.2, -0.15) is 0 Å². The minimum absolute atomic E-state index is 0.0246. The predicted molar refractivity (Wildman–Crippen MR) is 99.0 cm³/mol. The standard InChI is InChI=1S/C19H20BN2O6/c1-2-10-4-6-15(16(19(24)25)17(10)28-20-26)27-12-8-22(9-12)18(23)14-7-11-3-5-13(11)21-14/h4,6,11-14,21,26H,2,7-9H2,1H3,(H,24,25)/t11-,13-,14-/m0/s1. The third kappa shape index (κ3) is 3.19. The summed E-state index contributed by atoms with van der Waals surface area (Å²) < 4.78 is 10.9. The number of rotatable bonds is 7. The van der Waals surface area contributed by atoms with Crippen LogP contribution in [0.3, 0.4) is 0 Å². The third-order valence-electron chi connectivity index (χ3n) is 5.41. The molecule has 2 heterocycles. The van der Waals surface area contributed by atoms with Crippen LogP contribution in [0, 0.1) is 17.8 Å². The molecule has 0 aromatic heterocycles. The maximum atomic E-state index is 12.5. The molecule has 0 saturated carbocycles. The number of likely N-dealkylation sites (tertiary alicyclic amines) is 1. The Balaban J connectivity index is 1.41. The average Bonchev–Trinajstić information content (AvgIpc) is 2.92. The fourth-order valence-electron chi connectivity index (χ4n) is 3.81. The monoisotopic (exact) mass is 383 g/mol. The molecule has 0 bridgehead atoms. The lowest BCUT2D eigenvalue weighted by atomic mass is 9.92. The maximum absolute atomic E-state index is 12.5. The number of carboxylic acids is 1. The molecule has 0 spiro atoms. The van der Waals surface area contributed by atoms with E-state index < -0.39 is 5.97 Å². The van der Waals surface area contributed by atoms with Crippen LogP contribution in [0.5, 0.6) is 11.5 Å². The molecule has 1 radical (unpaired) electrons. The molecular formula is C19H20BN2O6. The highest BCUT2D eigenvalue weighted by molar-refractivity contribution is 6.18. The van der Waals surface area contributed by atoms with Crippen molar-refractivity contribution in [2.75, 3.05) is 13.1 Å². The topological polar surface area (TPSA) is 108 Å². The second-order valence-corrected chi connectivity index (χ2v) is 7.12. The average molecular weight is 383 g/mol. The van der Waals surface area contributed by atoms with Crippen molar-refractivity contribution >= 4 is 19.6 Å². The van der Waals surface area contributed by atoms with Gasteiger partial charge in [0.25, 0.3) is 0 Å². The summed E-state index contributed by atoms with van der Waals surface area (Å²) in [5.41, 5.74) is 0.505. The molecule has 1 amide bonds. The molecule has 3 aliphatic rings. The Labute approximate surface area is 163 Å². The second-order valence-electron chi connectivity index (χ2n) is 7.12. The van der Waals surface area contributed by atoms with Crippen LogP contribution in [-0.4, -0.2) is 65.9 Å². The molecule has 4 rings (SSSR count). The van der Waals surface area contributed by atoms with Gasteiger partial charge in [0.05, 0.1) is 25.2 Å². The zero-order chi connectivity index (χ0) is 19.8. The third-order valence-corrected chi connectivity index (χ3v) is 5.41. The van der Waals surface area contributed by atoms with Crippen LogP contribution in [0.25, 0.3) is 0 Å². The fourth-order valence-corrected chi connectivity index (χ4v) is 3.81. The van der Waals surface area contributed by atoms with E-state index in [1.807, 2.05) is 6.92 Å². The number of carbonyl (C=O) groups excluding carboxylic acids is 1. The van der Waals surface area contributed by atoms with Crippen molar-refractivity contribution in [3.8, 4) is 23.3 Å². The summed E-state index contributed by atoms with van der Waals surface area (Å²) in [6, 6.07) is 3.21. The second kappa shape index (κ2) is 7.38. The Morgan fingerprint density at radius 3 is 2.68 bits per heavy atom. The molecule has 0 unspecified atom stereocenters. The van der Waals surface area contributed by atoms with Gasteiger partial charge in [-0.3, -0.25) is 10.1 Å². The largest absolute Gasteiger partial charge is 0.569 e. The van der Waals surface area contributed by atoms with Gasteiger partial charge < -0.3 is 24.4 Å². The summed E-state index contributed by atoms with van der Waals surface area (Å²) >= 11 is 0. The van der Waals surface area contributed by atoms with Gasteiger partial charge in [-0.25, -0.2) is 4.79 Å². The number of benzene rings is 1. The lowest BCUT2D eigenvalue weighted by Gasteiger charge is -2.40. The first-order chi connectivity index (χ1) is 13.5. The summed E-state index contributed by atoms with van der Waals surface area (Å²) in [4.78, 5) is 26.0. The molecule has 1 aromatic rings. The van der Waals surface area contributed by atoms with Crippen LogP contribution >= 0.6 is 0 Å². The van der Waals surface area contributed by atoms with Gasteiger partial charge in [0.15, 0.2) is 0 Å². The van der Waals surface area contributed by atoms with Crippen LogP contribution in [0.2, 0.25) is 0 Å². The molecule has 1 aliphatic carbocycles. The van der Waals surface area contributed by atoms with E-state index in [2.05, 4.69) is 17.2 Å². The number of nitrogens with one attached hydrogen (secondary N) is 1. The van der Waals surface area contributed by atoms with E-state index in [1.54, 1.807) is 17.0 Å². The van der Waals surface area contributed by atoms with Gasteiger partial charge in [0.2, 0.25) is 5.91 Å². The Kier molecular flexibility index (Phi) is 4.91. The Morgan fingerprint density at radius 1 is 1.36 bits per heavy atom. The smallest absolute Gasteiger partial charge is 0.536 e. The van der Waals surface area contributed by atoms with E-state index in [0.29, 0.717) is 32.8 Å². The molecule has 2 fully saturated rings. The molecule has 2 saturated heterocycles. The quantitative estimate of drug-likeness (QED) is 0.442. The Bertz CT molecular complexity index is 857. The molecule has 145 valence electrons. The van der Waals surface area contributed by atoms with E-state index in [4.69, 9.17) is 14.4 Å². The first kappa shape index (κ1) is 18.7. The Morgan fingerprint density at radius 2 is 2.14 bits per heavy atom. The lowest BCUT2D eigenvalue weighted by molar-refractivity contribution is -0.142. The molecule has 3 atom stereocenters. The first-order valence-electron chi connectivity index (χ1n) is 9.26. The van der Waals surface area contributed by atoms with Crippen LogP contribution in [0.4, 0.5) is 0 Å². The highest BCUT2D eigenvalue weighted by Crippen LogP contribution is 2.34. The number of hydrogen-bond donors (Lipinski definition) is 3. The highest BCUT2D eigenvalue weighted by atomic mass is 16.5. The number of amides is 1. The van der Waals surface area contributed by atoms with Crippen molar-refractivity contribution in [3.63, 3.8) is 0 Å². The molecular weight excluding hydrogens is 363 g/mol. The number of fused-ring (bicyclic) bond motifs is 1.